The molecule has 1 saturated heterocycles. The topological polar surface area (TPSA) is 78.9 Å². The van der Waals surface area contributed by atoms with E-state index in [1.807, 2.05) is 13.8 Å². The second-order valence-corrected chi connectivity index (χ2v) is 4.43. The van der Waals surface area contributed by atoms with E-state index in [2.05, 4.69) is 5.32 Å². The predicted octanol–water partition coefficient (Wildman–Crippen LogP) is -0.0659. The van der Waals surface area contributed by atoms with Crippen LogP contribution in [0.25, 0.3) is 0 Å². The number of aliphatic carboxylic acids is 1. The molecule has 6 heteroatoms. The first-order chi connectivity index (χ1) is 8.58. The summed E-state index contributed by atoms with van der Waals surface area (Å²) in [5, 5.41) is 11.9. The smallest absolute Gasteiger partial charge is 0.307 e. The fourth-order valence-electron chi connectivity index (χ4n) is 2.07. The standard InChI is InChI=1S/C12H22N2O4/c1-3-14(4-2)11(15)8-18-10-5-9(12(16)17)6-13-7-10/h9-10,13H,3-8H2,1-2H3,(H,16,17). The van der Waals surface area contributed by atoms with Crippen molar-refractivity contribution in [2.45, 2.75) is 26.4 Å². The molecule has 0 radical (unpaired) electrons. The molecule has 0 aromatic rings. The maximum atomic E-state index is 11.7. The molecule has 1 aliphatic heterocycles. The summed E-state index contributed by atoms with van der Waals surface area (Å²) >= 11 is 0. The summed E-state index contributed by atoms with van der Waals surface area (Å²) in [7, 11) is 0. The Kier molecular flexibility index (Phi) is 6.07. The monoisotopic (exact) mass is 258 g/mol. The Morgan fingerprint density at radius 3 is 2.56 bits per heavy atom. The van der Waals surface area contributed by atoms with Gasteiger partial charge in [0.1, 0.15) is 6.61 Å². The van der Waals surface area contributed by atoms with Crippen molar-refractivity contribution in [2.75, 3.05) is 32.8 Å². The van der Waals surface area contributed by atoms with Crippen LogP contribution in [0.4, 0.5) is 0 Å². The number of nitrogens with zero attached hydrogens (tertiary/aromatic N) is 1. The highest BCUT2D eigenvalue weighted by atomic mass is 16.5. The van der Waals surface area contributed by atoms with Crippen molar-refractivity contribution in [3.8, 4) is 0 Å². The molecule has 0 bridgehead atoms. The van der Waals surface area contributed by atoms with Crippen LogP contribution in [0.1, 0.15) is 20.3 Å². The Labute approximate surface area is 107 Å². The number of hydrogen-bond acceptors (Lipinski definition) is 4. The number of hydrogen-bond donors (Lipinski definition) is 2. The molecule has 0 aromatic carbocycles. The van der Waals surface area contributed by atoms with Gasteiger partial charge in [0.2, 0.25) is 5.91 Å². The van der Waals surface area contributed by atoms with E-state index >= 15 is 0 Å². The number of ether oxygens (including phenoxy) is 1. The molecule has 1 fully saturated rings. The van der Waals surface area contributed by atoms with Crippen molar-refractivity contribution in [2.24, 2.45) is 5.92 Å². The molecule has 2 unspecified atom stereocenters. The van der Waals surface area contributed by atoms with Crippen LogP contribution in [0, 0.1) is 5.92 Å². The quantitative estimate of drug-likeness (QED) is 0.697. The normalized spacial score (nSPS) is 23.7. The number of amides is 1. The summed E-state index contributed by atoms with van der Waals surface area (Å²) in [5.41, 5.74) is 0. The van der Waals surface area contributed by atoms with Crippen LogP contribution < -0.4 is 5.32 Å². The maximum Gasteiger partial charge on any atom is 0.307 e. The third kappa shape index (κ3) is 4.27. The van der Waals surface area contributed by atoms with E-state index in [4.69, 9.17) is 9.84 Å². The van der Waals surface area contributed by atoms with Gasteiger partial charge in [0, 0.05) is 26.2 Å². The lowest BCUT2D eigenvalue weighted by atomic mass is 9.98. The van der Waals surface area contributed by atoms with Crippen LogP contribution in [0.3, 0.4) is 0 Å². The number of carbonyl (C=O) groups excluding carboxylic acids is 1. The molecule has 0 aromatic heterocycles. The first kappa shape index (κ1) is 14.9. The lowest BCUT2D eigenvalue weighted by molar-refractivity contribution is -0.145. The third-order valence-electron chi connectivity index (χ3n) is 3.22. The van der Waals surface area contributed by atoms with Crippen LogP contribution in [0.2, 0.25) is 0 Å². The Morgan fingerprint density at radius 2 is 2.00 bits per heavy atom. The fourth-order valence-corrected chi connectivity index (χ4v) is 2.07. The molecule has 1 heterocycles. The zero-order valence-electron chi connectivity index (χ0n) is 11.0. The number of piperidine rings is 1. The average Bonchev–Trinajstić information content (AvgIpc) is 2.38. The van der Waals surface area contributed by atoms with Crippen molar-refractivity contribution in [1.82, 2.24) is 10.2 Å². The van der Waals surface area contributed by atoms with Gasteiger partial charge in [-0.25, -0.2) is 0 Å². The molecule has 0 spiro atoms. The first-order valence-corrected chi connectivity index (χ1v) is 6.41. The lowest BCUT2D eigenvalue weighted by Gasteiger charge is -2.28. The minimum atomic E-state index is -0.814. The van der Waals surface area contributed by atoms with Crippen LogP contribution in [0.5, 0.6) is 0 Å². The van der Waals surface area contributed by atoms with Crippen LogP contribution in [-0.4, -0.2) is 60.8 Å². The molecule has 1 rings (SSSR count). The zero-order valence-corrected chi connectivity index (χ0v) is 11.0. The summed E-state index contributed by atoms with van der Waals surface area (Å²) in [5.74, 6) is -1.28. The molecule has 18 heavy (non-hydrogen) atoms. The Balaban J connectivity index is 2.34. The Morgan fingerprint density at radius 1 is 1.33 bits per heavy atom. The van der Waals surface area contributed by atoms with E-state index in [0.29, 0.717) is 32.6 Å². The van der Waals surface area contributed by atoms with Gasteiger partial charge in [-0.3, -0.25) is 9.59 Å². The number of nitrogens with one attached hydrogen (secondary N) is 1. The Hall–Kier alpha value is -1.14. The third-order valence-corrected chi connectivity index (χ3v) is 3.22. The molecule has 2 N–H and O–H groups in total. The van der Waals surface area contributed by atoms with Crippen molar-refractivity contribution >= 4 is 11.9 Å². The SMILES string of the molecule is CCN(CC)C(=O)COC1CNCC(C(=O)O)C1. The van der Waals surface area contributed by atoms with Gasteiger partial charge in [-0.05, 0) is 20.3 Å². The van der Waals surface area contributed by atoms with Crippen molar-refractivity contribution in [3.63, 3.8) is 0 Å². The average molecular weight is 258 g/mol. The molecule has 1 aliphatic rings. The number of carboxylic acid groups (broad SMARTS) is 1. The predicted molar refractivity (Wildman–Crippen MR) is 66.3 cm³/mol. The van der Waals surface area contributed by atoms with Crippen LogP contribution in [-0.2, 0) is 14.3 Å². The van der Waals surface area contributed by atoms with E-state index in [9.17, 15) is 9.59 Å². The van der Waals surface area contributed by atoms with E-state index in [-0.39, 0.29) is 18.6 Å². The molecular weight excluding hydrogens is 236 g/mol. The largest absolute Gasteiger partial charge is 0.481 e. The highest BCUT2D eigenvalue weighted by molar-refractivity contribution is 5.77. The van der Waals surface area contributed by atoms with E-state index in [1.54, 1.807) is 4.90 Å². The van der Waals surface area contributed by atoms with E-state index in [0.717, 1.165) is 0 Å². The maximum absolute atomic E-state index is 11.7. The molecule has 0 aliphatic carbocycles. The number of rotatable bonds is 6. The highest BCUT2D eigenvalue weighted by Gasteiger charge is 2.27. The van der Waals surface area contributed by atoms with Gasteiger partial charge in [-0.1, -0.05) is 0 Å². The van der Waals surface area contributed by atoms with Crippen molar-refractivity contribution in [1.29, 1.82) is 0 Å². The molecule has 104 valence electrons. The van der Waals surface area contributed by atoms with Gasteiger partial charge in [0.15, 0.2) is 0 Å². The minimum absolute atomic E-state index is 0.0281. The molecule has 2 atom stereocenters. The van der Waals surface area contributed by atoms with Crippen LogP contribution >= 0.6 is 0 Å². The zero-order chi connectivity index (χ0) is 13.5. The van der Waals surface area contributed by atoms with Gasteiger partial charge < -0.3 is 20.1 Å². The van der Waals surface area contributed by atoms with Crippen molar-refractivity contribution < 1.29 is 19.4 Å². The summed E-state index contributed by atoms with van der Waals surface area (Å²) in [6.07, 6.45) is 0.271. The number of carbonyl (C=O) groups is 2. The highest BCUT2D eigenvalue weighted by Crippen LogP contribution is 2.13. The van der Waals surface area contributed by atoms with Crippen molar-refractivity contribution in [3.05, 3.63) is 0 Å². The van der Waals surface area contributed by atoms with E-state index in [1.165, 1.54) is 0 Å². The van der Waals surface area contributed by atoms with Gasteiger partial charge in [-0.2, -0.15) is 0 Å². The van der Waals surface area contributed by atoms with E-state index < -0.39 is 11.9 Å². The summed E-state index contributed by atoms with van der Waals surface area (Å²) < 4.78 is 5.49. The second-order valence-electron chi connectivity index (χ2n) is 4.43. The van der Waals surface area contributed by atoms with Crippen LogP contribution in [0.15, 0.2) is 0 Å². The lowest BCUT2D eigenvalue weighted by Crippen LogP contribution is -2.45. The number of carboxylic acids is 1. The van der Waals surface area contributed by atoms with Gasteiger partial charge >= 0.3 is 5.97 Å². The second kappa shape index (κ2) is 7.33. The fraction of sp³-hybridized carbons (Fsp3) is 0.833. The molecule has 0 saturated carbocycles. The number of likely N-dealkylation sites (N-methyl/N-ethyl adjacent to an activating group) is 1. The van der Waals surface area contributed by atoms with Gasteiger partial charge in [0.05, 0.1) is 12.0 Å². The summed E-state index contributed by atoms with van der Waals surface area (Å²) in [6, 6.07) is 0. The summed E-state index contributed by atoms with van der Waals surface area (Å²) in [6.45, 7) is 6.28. The first-order valence-electron chi connectivity index (χ1n) is 6.41. The van der Waals surface area contributed by atoms with Gasteiger partial charge in [-0.15, -0.1) is 0 Å². The summed E-state index contributed by atoms with van der Waals surface area (Å²) in [4.78, 5) is 24.3. The molecule has 6 nitrogen and oxygen atoms in total. The molecular formula is C12H22N2O4. The molecule has 1 amide bonds. The minimum Gasteiger partial charge on any atom is -0.481 e. The Bertz CT molecular complexity index is 292. The van der Waals surface area contributed by atoms with Gasteiger partial charge in [0.25, 0.3) is 0 Å².